The molecule has 3 nitrogen and oxygen atoms in total. The Morgan fingerprint density at radius 2 is 1.43 bits per heavy atom. The second-order valence-electron chi connectivity index (χ2n) is 5.00. The lowest BCUT2D eigenvalue weighted by atomic mass is 10.0. The SMILES string of the molecule is CC.CNc1cc2nc3cc(N)c(C)cc3cc2cc1C. The summed E-state index contributed by atoms with van der Waals surface area (Å²) in [5.41, 5.74) is 12.1. The number of fused-ring (bicyclic) bond motifs is 2. The van der Waals surface area contributed by atoms with Crippen molar-refractivity contribution in [1.82, 2.24) is 4.98 Å². The van der Waals surface area contributed by atoms with Crippen LogP contribution in [0.3, 0.4) is 0 Å². The number of aromatic nitrogens is 1. The predicted molar refractivity (Wildman–Crippen MR) is 94.0 cm³/mol. The first-order chi connectivity index (χ1) is 10.1. The standard InChI is InChI=1S/C16H17N3.C2H6/c1-9-4-11-6-12-5-10(2)14(18-3)8-16(12)19-15(11)7-13(9)17;1-2/h4-8,18H,17H2,1-3H3;1-2H3. The number of hydrogen-bond acceptors (Lipinski definition) is 3. The van der Waals surface area contributed by atoms with Crippen molar-refractivity contribution in [3.8, 4) is 0 Å². The molecule has 0 bridgehead atoms. The van der Waals surface area contributed by atoms with Gasteiger partial charge >= 0.3 is 0 Å². The van der Waals surface area contributed by atoms with E-state index in [0.29, 0.717) is 0 Å². The molecule has 2 aromatic carbocycles. The third-order valence-electron chi connectivity index (χ3n) is 3.61. The van der Waals surface area contributed by atoms with E-state index in [-0.39, 0.29) is 0 Å². The number of nitrogens with zero attached hydrogens (tertiary/aromatic N) is 1. The lowest BCUT2D eigenvalue weighted by Gasteiger charge is -2.09. The van der Waals surface area contributed by atoms with Crippen LogP contribution >= 0.6 is 0 Å². The summed E-state index contributed by atoms with van der Waals surface area (Å²) in [6.07, 6.45) is 0. The zero-order chi connectivity index (χ0) is 15.6. The average molecular weight is 281 g/mol. The minimum atomic E-state index is 0.792. The first-order valence-electron chi connectivity index (χ1n) is 7.37. The Balaban J connectivity index is 0.000000774. The lowest BCUT2D eigenvalue weighted by Crippen LogP contribution is -1.94. The van der Waals surface area contributed by atoms with Crippen LogP contribution in [0.15, 0.2) is 30.3 Å². The Hall–Kier alpha value is -2.29. The van der Waals surface area contributed by atoms with Crippen LogP contribution in [0.1, 0.15) is 25.0 Å². The number of nitrogen functional groups attached to an aromatic ring is 1. The minimum Gasteiger partial charge on any atom is -0.398 e. The van der Waals surface area contributed by atoms with Gasteiger partial charge in [0.05, 0.1) is 11.0 Å². The summed E-state index contributed by atoms with van der Waals surface area (Å²) in [6, 6.07) is 10.5. The van der Waals surface area contributed by atoms with E-state index in [4.69, 9.17) is 10.7 Å². The highest BCUT2D eigenvalue weighted by atomic mass is 14.8. The molecule has 0 saturated heterocycles. The topological polar surface area (TPSA) is 50.9 Å². The van der Waals surface area contributed by atoms with Gasteiger partial charge in [-0.15, -0.1) is 0 Å². The number of nitrogens with one attached hydrogen (secondary N) is 1. The summed E-state index contributed by atoms with van der Waals surface area (Å²) in [5.74, 6) is 0. The molecule has 0 amide bonds. The van der Waals surface area contributed by atoms with Crippen molar-refractivity contribution in [2.45, 2.75) is 27.7 Å². The molecule has 0 atom stereocenters. The van der Waals surface area contributed by atoms with Gasteiger partial charge in [-0.1, -0.05) is 13.8 Å². The van der Waals surface area contributed by atoms with Crippen LogP contribution in [-0.2, 0) is 0 Å². The van der Waals surface area contributed by atoms with Crippen molar-refractivity contribution in [2.24, 2.45) is 0 Å². The van der Waals surface area contributed by atoms with Crippen molar-refractivity contribution < 1.29 is 0 Å². The molecule has 0 aliphatic rings. The van der Waals surface area contributed by atoms with E-state index in [0.717, 1.165) is 38.7 Å². The van der Waals surface area contributed by atoms with Crippen LogP contribution in [-0.4, -0.2) is 12.0 Å². The molecule has 0 aliphatic heterocycles. The Labute approximate surface area is 126 Å². The van der Waals surface area contributed by atoms with E-state index in [9.17, 15) is 0 Å². The highest BCUT2D eigenvalue weighted by Gasteiger charge is 2.05. The lowest BCUT2D eigenvalue weighted by molar-refractivity contribution is 1.40. The molecular weight excluding hydrogens is 258 g/mol. The van der Waals surface area contributed by atoms with E-state index in [2.05, 4.69) is 36.5 Å². The quantitative estimate of drug-likeness (QED) is 0.504. The Morgan fingerprint density at radius 1 is 0.857 bits per heavy atom. The zero-order valence-electron chi connectivity index (χ0n) is 13.4. The van der Waals surface area contributed by atoms with Gasteiger partial charge in [0.1, 0.15) is 0 Å². The number of hydrogen-bond donors (Lipinski definition) is 2. The van der Waals surface area contributed by atoms with Crippen molar-refractivity contribution in [3.63, 3.8) is 0 Å². The molecule has 1 heterocycles. The fourth-order valence-electron chi connectivity index (χ4n) is 2.45. The maximum absolute atomic E-state index is 5.96. The number of nitrogens with two attached hydrogens (primary N) is 1. The maximum Gasteiger partial charge on any atom is 0.0730 e. The van der Waals surface area contributed by atoms with E-state index in [1.54, 1.807) is 0 Å². The van der Waals surface area contributed by atoms with Crippen LogP contribution in [0, 0.1) is 13.8 Å². The zero-order valence-corrected chi connectivity index (χ0v) is 13.4. The van der Waals surface area contributed by atoms with Gasteiger partial charge < -0.3 is 11.1 Å². The van der Waals surface area contributed by atoms with Crippen LogP contribution < -0.4 is 11.1 Å². The molecule has 1 aromatic heterocycles. The molecule has 3 N–H and O–H groups in total. The number of aryl methyl sites for hydroxylation is 2. The van der Waals surface area contributed by atoms with Crippen LogP contribution in [0.2, 0.25) is 0 Å². The van der Waals surface area contributed by atoms with E-state index < -0.39 is 0 Å². The minimum absolute atomic E-state index is 0.792. The van der Waals surface area contributed by atoms with Gasteiger partial charge in [0, 0.05) is 29.2 Å². The van der Waals surface area contributed by atoms with Gasteiger partial charge in [-0.25, -0.2) is 4.98 Å². The summed E-state index contributed by atoms with van der Waals surface area (Å²) in [5, 5.41) is 5.49. The van der Waals surface area contributed by atoms with Crippen molar-refractivity contribution in [2.75, 3.05) is 18.1 Å². The summed E-state index contributed by atoms with van der Waals surface area (Å²) in [6.45, 7) is 8.12. The first kappa shape index (κ1) is 15.1. The number of anilines is 2. The maximum atomic E-state index is 5.96. The van der Waals surface area contributed by atoms with Crippen LogP contribution in [0.4, 0.5) is 11.4 Å². The van der Waals surface area contributed by atoms with Crippen molar-refractivity contribution >= 4 is 33.2 Å². The molecule has 0 saturated carbocycles. The van der Waals surface area contributed by atoms with E-state index in [1.807, 2.05) is 33.9 Å². The molecule has 0 aliphatic carbocycles. The molecule has 0 spiro atoms. The second-order valence-corrected chi connectivity index (χ2v) is 5.00. The summed E-state index contributed by atoms with van der Waals surface area (Å²) in [4.78, 5) is 4.71. The van der Waals surface area contributed by atoms with Gasteiger partial charge in [0.2, 0.25) is 0 Å². The summed E-state index contributed by atoms with van der Waals surface area (Å²) < 4.78 is 0. The molecule has 3 heteroatoms. The Kier molecular flexibility index (Phi) is 4.32. The molecule has 0 radical (unpaired) electrons. The Morgan fingerprint density at radius 3 is 2.05 bits per heavy atom. The average Bonchev–Trinajstić information content (AvgIpc) is 2.48. The highest BCUT2D eigenvalue weighted by Crippen LogP contribution is 2.27. The molecular formula is C18H23N3. The van der Waals surface area contributed by atoms with Crippen molar-refractivity contribution in [3.05, 3.63) is 41.5 Å². The fourth-order valence-corrected chi connectivity index (χ4v) is 2.45. The largest absolute Gasteiger partial charge is 0.398 e. The van der Waals surface area contributed by atoms with Gasteiger partial charge in [-0.2, -0.15) is 0 Å². The smallest absolute Gasteiger partial charge is 0.0730 e. The molecule has 0 unspecified atom stereocenters. The summed E-state index contributed by atoms with van der Waals surface area (Å²) in [7, 11) is 1.93. The number of rotatable bonds is 1. The van der Waals surface area contributed by atoms with Gasteiger partial charge in [-0.05, 0) is 55.3 Å². The van der Waals surface area contributed by atoms with E-state index in [1.165, 1.54) is 5.56 Å². The fraction of sp³-hybridized carbons (Fsp3) is 0.278. The Bertz CT molecular complexity index is 791. The highest BCUT2D eigenvalue weighted by molar-refractivity contribution is 5.96. The second kappa shape index (κ2) is 6.00. The molecule has 110 valence electrons. The van der Waals surface area contributed by atoms with E-state index >= 15 is 0 Å². The van der Waals surface area contributed by atoms with Crippen molar-refractivity contribution in [1.29, 1.82) is 0 Å². The third-order valence-corrected chi connectivity index (χ3v) is 3.61. The normalized spacial score (nSPS) is 10.3. The van der Waals surface area contributed by atoms with Crippen LogP contribution in [0.25, 0.3) is 21.8 Å². The summed E-state index contributed by atoms with van der Waals surface area (Å²) >= 11 is 0. The number of benzene rings is 2. The number of pyridine rings is 1. The van der Waals surface area contributed by atoms with Crippen LogP contribution in [0.5, 0.6) is 0 Å². The van der Waals surface area contributed by atoms with Gasteiger partial charge in [0.15, 0.2) is 0 Å². The molecule has 3 rings (SSSR count). The molecule has 21 heavy (non-hydrogen) atoms. The van der Waals surface area contributed by atoms with Gasteiger partial charge in [-0.3, -0.25) is 0 Å². The predicted octanol–water partition coefficient (Wildman–Crippen LogP) is 4.65. The molecule has 3 aromatic rings. The van der Waals surface area contributed by atoms with Gasteiger partial charge in [0.25, 0.3) is 0 Å². The first-order valence-corrected chi connectivity index (χ1v) is 7.37. The third kappa shape index (κ3) is 2.77. The monoisotopic (exact) mass is 281 g/mol. The molecule has 0 fully saturated rings.